The molecule has 0 radical (unpaired) electrons. The molecule has 0 amide bonds. The van der Waals surface area contributed by atoms with Crippen LogP contribution in [0.15, 0.2) is 23.0 Å². The molecule has 3 N–H and O–H groups in total. The lowest BCUT2D eigenvalue weighted by atomic mass is 10.1. The summed E-state index contributed by atoms with van der Waals surface area (Å²) < 4.78 is 1.79. The van der Waals surface area contributed by atoms with E-state index in [9.17, 15) is 9.90 Å². The molecule has 17 heavy (non-hydrogen) atoms. The second-order valence-electron chi connectivity index (χ2n) is 4.50. The molecule has 1 atom stereocenters. The third-order valence-electron chi connectivity index (χ3n) is 3.34. The Morgan fingerprint density at radius 2 is 2.29 bits per heavy atom. The minimum absolute atomic E-state index is 0.0979. The van der Waals surface area contributed by atoms with Gasteiger partial charge in [-0.2, -0.15) is 0 Å². The van der Waals surface area contributed by atoms with Crippen LogP contribution in [-0.2, 0) is 0 Å². The minimum atomic E-state index is -0.0979. The van der Waals surface area contributed by atoms with Gasteiger partial charge in [-0.15, -0.1) is 0 Å². The normalized spacial score (nSPS) is 20.8. The average molecular weight is 233 g/mol. The van der Waals surface area contributed by atoms with Gasteiger partial charge in [-0.3, -0.25) is 4.57 Å². The summed E-state index contributed by atoms with van der Waals surface area (Å²) in [6.45, 7) is 1.85. The van der Waals surface area contributed by atoms with Crippen molar-refractivity contribution in [3.63, 3.8) is 0 Å². The van der Waals surface area contributed by atoms with E-state index in [0.29, 0.717) is 5.52 Å². The molecule has 1 aromatic carbocycles. The summed E-state index contributed by atoms with van der Waals surface area (Å²) in [7, 11) is 0. The van der Waals surface area contributed by atoms with Crippen LogP contribution in [0.4, 0.5) is 0 Å². The number of hydrogen-bond donors (Lipinski definition) is 3. The Morgan fingerprint density at radius 3 is 3.06 bits per heavy atom. The van der Waals surface area contributed by atoms with Gasteiger partial charge < -0.3 is 15.4 Å². The Bertz CT molecular complexity index is 593. The van der Waals surface area contributed by atoms with Crippen molar-refractivity contribution in [3.8, 4) is 5.75 Å². The number of fused-ring (bicyclic) bond motifs is 1. The molecular weight excluding hydrogens is 218 g/mol. The number of piperidine rings is 1. The lowest BCUT2D eigenvalue weighted by Gasteiger charge is -2.23. The van der Waals surface area contributed by atoms with E-state index in [-0.39, 0.29) is 17.5 Å². The van der Waals surface area contributed by atoms with Crippen LogP contribution in [0.25, 0.3) is 11.0 Å². The number of imidazole rings is 1. The van der Waals surface area contributed by atoms with E-state index < -0.39 is 0 Å². The fraction of sp³-hybridized carbons (Fsp3) is 0.417. The number of nitrogens with zero attached hydrogens (tertiary/aromatic N) is 1. The van der Waals surface area contributed by atoms with Crippen molar-refractivity contribution < 1.29 is 5.11 Å². The van der Waals surface area contributed by atoms with Gasteiger partial charge in [0.2, 0.25) is 0 Å². The number of aromatic amines is 1. The van der Waals surface area contributed by atoms with Gasteiger partial charge in [0.25, 0.3) is 0 Å². The van der Waals surface area contributed by atoms with Crippen LogP contribution in [0.3, 0.4) is 0 Å². The number of H-pyrrole nitrogens is 1. The van der Waals surface area contributed by atoms with Crippen molar-refractivity contribution in [3.05, 3.63) is 28.7 Å². The van der Waals surface area contributed by atoms with Crippen molar-refractivity contribution in [1.82, 2.24) is 14.9 Å². The van der Waals surface area contributed by atoms with Gasteiger partial charge in [-0.25, -0.2) is 4.79 Å². The number of phenols is 1. The largest absolute Gasteiger partial charge is 0.508 e. The van der Waals surface area contributed by atoms with E-state index in [1.165, 1.54) is 0 Å². The fourth-order valence-electron chi connectivity index (χ4n) is 2.54. The Kier molecular flexibility index (Phi) is 2.40. The van der Waals surface area contributed by atoms with Crippen LogP contribution in [-0.4, -0.2) is 27.7 Å². The Morgan fingerprint density at radius 1 is 1.41 bits per heavy atom. The van der Waals surface area contributed by atoms with Crippen molar-refractivity contribution in [2.75, 3.05) is 13.1 Å². The second kappa shape index (κ2) is 3.92. The molecule has 5 heteroatoms. The van der Waals surface area contributed by atoms with Gasteiger partial charge in [0.15, 0.2) is 0 Å². The van der Waals surface area contributed by atoms with E-state index in [1.807, 2.05) is 0 Å². The summed E-state index contributed by atoms with van der Waals surface area (Å²) in [6, 6.07) is 5.19. The maximum absolute atomic E-state index is 11.9. The molecule has 90 valence electrons. The predicted octanol–water partition coefficient (Wildman–Crippen LogP) is 0.960. The smallest absolute Gasteiger partial charge is 0.326 e. The van der Waals surface area contributed by atoms with Crippen LogP contribution in [0.2, 0.25) is 0 Å². The highest BCUT2D eigenvalue weighted by Crippen LogP contribution is 2.22. The van der Waals surface area contributed by atoms with Crippen molar-refractivity contribution in [2.24, 2.45) is 0 Å². The molecule has 1 unspecified atom stereocenters. The Balaban J connectivity index is 2.14. The molecule has 0 spiro atoms. The molecule has 1 aliphatic heterocycles. The predicted molar refractivity (Wildman–Crippen MR) is 65.4 cm³/mol. The zero-order valence-electron chi connectivity index (χ0n) is 9.44. The molecule has 1 fully saturated rings. The molecule has 1 aromatic heterocycles. The lowest BCUT2D eigenvalue weighted by Crippen LogP contribution is -2.35. The maximum atomic E-state index is 11.9. The van der Waals surface area contributed by atoms with Gasteiger partial charge in [0.05, 0.1) is 17.1 Å². The van der Waals surface area contributed by atoms with Crippen molar-refractivity contribution in [2.45, 2.75) is 18.9 Å². The summed E-state index contributed by atoms with van der Waals surface area (Å²) in [4.78, 5) is 14.7. The Labute approximate surface area is 98.1 Å². The quantitative estimate of drug-likeness (QED) is 0.687. The molecule has 0 aliphatic carbocycles. The SMILES string of the molecule is O=c1[nH]c2cc(O)ccc2n1C1CCCNC1. The number of rotatable bonds is 1. The summed E-state index contributed by atoms with van der Waals surface area (Å²) in [5, 5.41) is 12.7. The van der Waals surface area contributed by atoms with Gasteiger partial charge in [0.1, 0.15) is 5.75 Å². The first kappa shape index (κ1) is 10.4. The van der Waals surface area contributed by atoms with Gasteiger partial charge in [0, 0.05) is 12.6 Å². The monoisotopic (exact) mass is 233 g/mol. The standard InChI is InChI=1S/C12H15N3O2/c16-9-3-4-11-10(6-9)14-12(17)15(11)8-2-1-5-13-7-8/h3-4,6,8,13,16H,1-2,5,7H2,(H,14,17). The van der Waals surface area contributed by atoms with Crippen LogP contribution in [0.5, 0.6) is 5.75 Å². The highest BCUT2D eigenvalue weighted by Gasteiger charge is 2.19. The first-order valence-corrected chi connectivity index (χ1v) is 5.89. The number of nitrogens with one attached hydrogen (secondary N) is 2. The van der Waals surface area contributed by atoms with E-state index in [1.54, 1.807) is 22.8 Å². The molecule has 3 rings (SSSR count). The number of aromatic nitrogens is 2. The van der Waals surface area contributed by atoms with Crippen molar-refractivity contribution >= 4 is 11.0 Å². The molecule has 5 nitrogen and oxygen atoms in total. The zero-order valence-corrected chi connectivity index (χ0v) is 9.44. The zero-order chi connectivity index (χ0) is 11.8. The lowest BCUT2D eigenvalue weighted by molar-refractivity contribution is 0.372. The van der Waals surface area contributed by atoms with Crippen LogP contribution in [0.1, 0.15) is 18.9 Å². The first-order valence-electron chi connectivity index (χ1n) is 5.89. The molecule has 0 saturated carbocycles. The third kappa shape index (κ3) is 1.72. The van der Waals surface area contributed by atoms with Crippen LogP contribution >= 0.6 is 0 Å². The second-order valence-corrected chi connectivity index (χ2v) is 4.50. The topological polar surface area (TPSA) is 70.0 Å². The summed E-state index contributed by atoms with van der Waals surface area (Å²) >= 11 is 0. The van der Waals surface area contributed by atoms with Gasteiger partial charge in [-0.1, -0.05) is 0 Å². The van der Waals surface area contributed by atoms with E-state index >= 15 is 0 Å². The molecule has 0 bridgehead atoms. The van der Waals surface area contributed by atoms with Gasteiger partial charge in [-0.05, 0) is 31.5 Å². The summed E-state index contributed by atoms with van der Waals surface area (Å²) in [6.07, 6.45) is 2.10. The van der Waals surface area contributed by atoms with Gasteiger partial charge >= 0.3 is 5.69 Å². The first-order chi connectivity index (χ1) is 8.25. The molecule has 2 heterocycles. The number of hydrogen-bond acceptors (Lipinski definition) is 3. The Hall–Kier alpha value is -1.75. The molecule has 1 aliphatic rings. The maximum Gasteiger partial charge on any atom is 0.326 e. The highest BCUT2D eigenvalue weighted by molar-refractivity contribution is 5.77. The van der Waals surface area contributed by atoms with E-state index in [2.05, 4.69) is 10.3 Å². The van der Waals surface area contributed by atoms with E-state index in [4.69, 9.17) is 0 Å². The highest BCUT2D eigenvalue weighted by atomic mass is 16.3. The summed E-state index contributed by atoms with van der Waals surface area (Å²) in [5.41, 5.74) is 1.46. The van der Waals surface area contributed by atoms with E-state index in [0.717, 1.165) is 31.4 Å². The number of phenolic OH excluding ortho intramolecular Hbond substituents is 1. The van der Waals surface area contributed by atoms with Crippen LogP contribution in [0, 0.1) is 0 Å². The fourth-order valence-corrected chi connectivity index (χ4v) is 2.54. The third-order valence-corrected chi connectivity index (χ3v) is 3.34. The molecule has 1 saturated heterocycles. The summed E-state index contributed by atoms with van der Waals surface area (Å²) in [5.74, 6) is 0.174. The van der Waals surface area contributed by atoms with Crippen molar-refractivity contribution in [1.29, 1.82) is 0 Å². The number of aromatic hydroxyl groups is 1. The minimum Gasteiger partial charge on any atom is -0.508 e. The molecular formula is C12H15N3O2. The van der Waals surface area contributed by atoms with Crippen LogP contribution < -0.4 is 11.0 Å². The molecule has 2 aromatic rings. The number of benzene rings is 1. The average Bonchev–Trinajstić information content (AvgIpc) is 2.65.